The van der Waals surface area contributed by atoms with E-state index in [4.69, 9.17) is 34.3 Å². The summed E-state index contributed by atoms with van der Waals surface area (Å²) in [7, 11) is 0. The van der Waals surface area contributed by atoms with Gasteiger partial charge in [-0.3, -0.25) is 0 Å². The maximum absolute atomic E-state index is 6.43. The van der Waals surface area contributed by atoms with Crippen molar-refractivity contribution in [1.82, 2.24) is 39.0 Å². The molecule has 22 rings (SSSR count). The molecule has 22 aromatic rings. The number of fused-ring (bicyclic) bond motifs is 12. The quantitative estimate of drug-likeness (QED) is 0.105. The van der Waals surface area contributed by atoms with Gasteiger partial charge >= 0.3 is 0 Å². The summed E-state index contributed by atoms with van der Waals surface area (Å²) in [6, 6.07) is 140. The number of anilines is 6. The molecule has 6 aromatic heterocycles. The third-order valence-electron chi connectivity index (χ3n) is 21.2. The van der Waals surface area contributed by atoms with Gasteiger partial charge in [-0.1, -0.05) is 231 Å². The zero-order chi connectivity index (χ0) is 75.4. The summed E-state index contributed by atoms with van der Waals surface area (Å²) in [6.45, 7) is 0. The van der Waals surface area contributed by atoms with Gasteiger partial charge in [0, 0.05) is 131 Å². The Hall–Kier alpha value is -15.2. The van der Waals surface area contributed by atoms with E-state index in [2.05, 4.69) is 286 Å². The summed E-state index contributed by atoms with van der Waals surface area (Å²) in [5, 5.41) is 9.19. The Morgan fingerprint density at radius 3 is 0.895 bits per heavy atom. The van der Waals surface area contributed by atoms with Crippen molar-refractivity contribution in [2.75, 3.05) is 9.80 Å². The van der Waals surface area contributed by atoms with Crippen LogP contribution < -0.4 is 9.80 Å². The van der Waals surface area contributed by atoms with E-state index in [0.29, 0.717) is 34.9 Å². The zero-order valence-electron chi connectivity index (χ0n) is 61.4. The average molecular weight is 1480 g/mol. The van der Waals surface area contributed by atoms with Crippen LogP contribution in [0.25, 0.3) is 165 Å². The SMILES string of the molecule is c1ccc(-c2nc(-c3ccccc3)nc(-c3ccc4oc5ccc(-n6c7ccccc7c7cc(N(c8ccccc8)c8ccccc8)ccc76)cc5c4c3)n2)cc1.c1ccc(-c2nc(-c3ccccc3)nc(-c3ccc4sc5ccc(-n6c7ccccc7c7cc(N(c8ccccc8)c8ccccc8)ccc76)cc5c4c3)n2)cc1. The van der Waals surface area contributed by atoms with E-state index in [1.54, 1.807) is 0 Å². The molecule has 0 saturated carbocycles. The van der Waals surface area contributed by atoms with Crippen LogP contribution in [0.3, 0.4) is 0 Å². The Morgan fingerprint density at radius 1 is 0.202 bits per heavy atom. The second kappa shape index (κ2) is 28.6. The molecule has 16 aromatic carbocycles. The monoisotopic (exact) mass is 1480 g/mol. The Kier molecular flexibility index (Phi) is 16.8. The van der Waals surface area contributed by atoms with Gasteiger partial charge in [0.2, 0.25) is 0 Å². The smallest absolute Gasteiger partial charge is 0.164 e. The van der Waals surface area contributed by atoms with Crippen LogP contribution in [-0.4, -0.2) is 39.0 Å². The highest BCUT2D eigenvalue weighted by Crippen LogP contribution is 2.45. The lowest BCUT2D eigenvalue weighted by Crippen LogP contribution is -2.09. The van der Waals surface area contributed by atoms with Crippen LogP contribution in [0.5, 0.6) is 0 Å². The third kappa shape index (κ3) is 12.3. The van der Waals surface area contributed by atoms with E-state index in [1.807, 2.05) is 145 Å². The molecule has 0 atom stereocenters. The minimum Gasteiger partial charge on any atom is -0.456 e. The second-order valence-electron chi connectivity index (χ2n) is 28.2. The first-order valence-corrected chi connectivity index (χ1v) is 38.9. The van der Waals surface area contributed by atoms with Crippen molar-refractivity contribution in [1.29, 1.82) is 0 Å². The summed E-state index contributed by atoms with van der Waals surface area (Å²) in [5.74, 6) is 3.82. The van der Waals surface area contributed by atoms with Crippen molar-refractivity contribution < 1.29 is 4.42 Å². The molecular formula is C102H66N10OS. The van der Waals surface area contributed by atoms with Gasteiger partial charge < -0.3 is 23.4 Å². The van der Waals surface area contributed by atoms with Crippen molar-refractivity contribution in [2.45, 2.75) is 0 Å². The Morgan fingerprint density at radius 2 is 0.491 bits per heavy atom. The molecule has 0 bridgehead atoms. The van der Waals surface area contributed by atoms with E-state index in [0.717, 1.165) is 117 Å². The first kappa shape index (κ1) is 66.9. The predicted octanol–water partition coefficient (Wildman–Crippen LogP) is 27.1. The number of benzene rings is 16. The molecule has 0 aliphatic rings. The van der Waals surface area contributed by atoms with Gasteiger partial charge in [-0.2, -0.15) is 0 Å². The Balaban J connectivity index is 0.000000143. The molecule has 0 aliphatic carbocycles. The molecule has 0 spiro atoms. The molecule has 0 aliphatic heterocycles. The van der Waals surface area contributed by atoms with Gasteiger partial charge in [0.25, 0.3) is 0 Å². The summed E-state index contributed by atoms with van der Waals surface area (Å²) in [4.78, 5) is 34.5. The summed E-state index contributed by atoms with van der Waals surface area (Å²) in [5.41, 5.74) is 20.6. The molecule has 536 valence electrons. The van der Waals surface area contributed by atoms with E-state index >= 15 is 0 Å². The fourth-order valence-corrected chi connectivity index (χ4v) is 17.0. The molecule has 6 heterocycles. The first-order chi connectivity index (χ1) is 56.5. The molecule has 0 fully saturated rings. The van der Waals surface area contributed by atoms with E-state index < -0.39 is 0 Å². The lowest BCUT2D eigenvalue weighted by molar-refractivity contribution is 0.669. The molecule has 0 saturated heterocycles. The largest absolute Gasteiger partial charge is 0.456 e. The number of rotatable bonds is 14. The molecule has 11 nitrogen and oxygen atoms in total. The minimum atomic E-state index is 0.605. The maximum atomic E-state index is 6.43. The van der Waals surface area contributed by atoms with Crippen LogP contribution in [-0.2, 0) is 0 Å². The van der Waals surface area contributed by atoms with Crippen molar-refractivity contribution in [3.63, 3.8) is 0 Å². The molecular weight excluding hydrogens is 1410 g/mol. The zero-order valence-corrected chi connectivity index (χ0v) is 62.2. The highest BCUT2D eigenvalue weighted by Gasteiger charge is 2.23. The number of para-hydroxylation sites is 6. The van der Waals surface area contributed by atoms with E-state index in [-0.39, 0.29) is 0 Å². The van der Waals surface area contributed by atoms with Crippen LogP contribution >= 0.6 is 11.3 Å². The van der Waals surface area contributed by atoms with E-state index in [1.165, 1.54) is 47.2 Å². The van der Waals surface area contributed by atoms with Crippen molar-refractivity contribution in [3.05, 3.63) is 400 Å². The van der Waals surface area contributed by atoms with Crippen LogP contribution in [0.1, 0.15) is 0 Å². The topological polar surface area (TPSA) is 107 Å². The Labute approximate surface area is 660 Å². The maximum Gasteiger partial charge on any atom is 0.164 e. The molecule has 0 N–H and O–H groups in total. The van der Waals surface area contributed by atoms with Gasteiger partial charge in [-0.15, -0.1) is 11.3 Å². The van der Waals surface area contributed by atoms with Crippen molar-refractivity contribution >= 4 is 131 Å². The number of hydrogen-bond acceptors (Lipinski definition) is 10. The third-order valence-corrected chi connectivity index (χ3v) is 22.4. The standard InChI is InChI=1S/C51H33N5O.C51H33N5S/c2*1-5-15-34(16-6-1)49-52-50(35-17-7-2-8-18-35)54-51(53-49)36-25-29-47-43(31-36)44-33-40(27-30-48(44)57-47)56-45-24-14-13-23-41(45)42-32-39(26-28-46(42)56)55(37-19-9-3-10-20-37)38-21-11-4-12-22-38/h2*1-33H. The Bertz CT molecular complexity index is 6710. The minimum absolute atomic E-state index is 0.605. The highest BCUT2D eigenvalue weighted by atomic mass is 32.1. The number of thiophene rings is 1. The van der Waals surface area contributed by atoms with Crippen molar-refractivity contribution in [3.8, 4) is 79.7 Å². The fourth-order valence-electron chi connectivity index (χ4n) is 15.9. The predicted molar refractivity (Wildman–Crippen MR) is 470 cm³/mol. The van der Waals surface area contributed by atoms with Crippen molar-refractivity contribution in [2.24, 2.45) is 0 Å². The normalized spacial score (nSPS) is 11.5. The number of aromatic nitrogens is 8. The van der Waals surface area contributed by atoms with Gasteiger partial charge in [-0.05, 0) is 170 Å². The summed E-state index contributed by atoms with van der Waals surface area (Å²) in [6.07, 6.45) is 0. The van der Waals surface area contributed by atoms with Crippen LogP contribution in [0.2, 0.25) is 0 Å². The van der Waals surface area contributed by atoms with Gasteiger partial charge in [0.15, 0.2) is 34.9 Å². The van der Waals surface area contributed by atoms with Gasteiger partial charge in [0.05, 0.1) is 22.1 Å². The summed E-state index contributed by atoms with van der Waals surface area (Å²) < 4.78 is 13.7. The van der Waals surface area contributed by atoms with Gasteiger partial charge in [0.1, 0.15) is 11.2 Å². The van der Waals surface area contributed by atoms with Gasteiger partial charge in [-0.25, -0.2) is 29.9 Å². The summed E-state index contributed by atoms with van der Waals surface area (Å²) >= 11 is 1.81. The number of nitrogens with zero attached hydrogens (tertiary/aromatic N) is 10. The number of hydrogen-bond donors (Lipinski definition) is 0. The van der Waals surface area contributed by atoms with E-state index in [9.17, 15) is 0 Å². The molecule has 12 heteroatoms. The van der Waals surface area contributed by atoms with Crippen LogP contribution in [0, 0.1) is 0 Å². The molecule has 0 radical (unpaired) electrons. The molecule has 114 heavy (non-hydrogen) atoms. The second-order valence-corrected chi connectivity index (χ2v) is 29.3. The number of furan rings is 1. The highest BCUT2D eigenvalue weighted by molar-refractivity contribution is 7.25. The first-order valence-electron chi connectivity index (χ1n) is 38.1. The van der Waals surface area contributed by atoms with Crippen LogP contribution in [0.15, 0.2) is 405 Å². The molecule has 0 amide bonds. The molecule has 0 unspecified atom stereocenters. The fraction of sp³-hybridized carbons (Fsp3) is 0. The average Bonchev–Trinajstić information content (AvgIpc) is 1.58. The lowest BCUT2D eigenvalue weighted by atomic mass is 10.1. The lowest BCUT2D eigenvalue weighted by Gasteiger charge is -2.25. The van der Waals surface area contributed by atoms with Crippen LogP contribution in [0.4, 0.5) is 34.1 Å².